The third-order valence-electron chi connectivity index (χ3n) is 2.42. The van der Waals surface area contributed by atoms with Gasteiger partial charge in [-0.3, -0.25) is 0 Å². The molecule has 0 radical (unpaired) electrons. The molecule has 2 rings (SSSR count). The number of nitriles is 1. The predicted molar refractivity (Wildman–Crippen MR) is 56.6 cm³/mol. The van der Waals surface area contributed by atoms with Crippen molar-refractivity contribution in [3.05, 3.63) is 24.0 Å². The number of nitrogens with zero attached hydrogens (tertiary/aromatic N) is 3. The molecular formula is C11H11N3O. The fourth-order valence-corrected chi connectivity index (χ4v) is 1.59. The molecule has 0 N–H and O–H groups in total. The zero-order valence-electron chi connectivity index (χ0n) is 8.69. The van der Waals surface area contributed by atoms with Gasteiger partial charge in [0.1, 0.15) is 11.6 Å². The molecule has 0 fully saturated rings. The van der Waals surface area contributed by atoms with E-state index in [-0.39, 0.29) is 0 Å². The average Bonchev–Trinajstić information content (AvgIpc) is 2.56. The highest BCUT2D eigenvalue weighted by molar-refractivity contribution is 5.77. The fraction of sp³-hybridized carbons (Fsp3) is 0.273. The van der Waals surface area contributed by atoms with E-state index >= 15 is 0 Å². The molecule has 0 aliphatic rings. The lowest BCUT2D eigenvalue weighted by atomic mass is 10.3. The number of fused-ring (bicyclic) bond motifs is 1. The van der Waals surface area contributed by atoms with Crippen LogP contribution in [0.5, 0.6) is 5.75 Å². The van der Waals surface area contributed by atoms with Crippen LogP contribution in [0.4, 0.5) is 0 Å². The molecule has 0 atom stereocenters. The number of aromatic nitrogens is 2. The number of benzene rings is 1. The van der Waals surface area contributed by atoms with E-state index < -0.39 is 0 Å². The monoisotopic (exact) mass is 201 g/mol. The zero-order valence-corrected chi connectivity index (χ0v) is 8.69. The molecule has 0 aliphatic carbocycles. The van der Waals surface area contributed by atoms with Gasteiger partial charge in [0.2, 0.25) is 0 Å². The highest BCUT2D eigenvalue weighted by Gasteiger charge is 2.07. The molecule has 2 aromatic rings. The molecule has 0 bridgehead atoms. The van der Waals surface area contributed by atoms with Crippen LogP contribution in [0, 0.1) is 11.3 Å². The molecule has 15 heavy (non-hydrogen) atoms. The van der Waals surface area contributed by atoms with Crippen LogP contribution in [0.2, 0.25) is 0 Å². The molecular weight excluding hydrogens is 190 g/mol. The number of hydrogen-bond donors (Lipinski definition) is 0. The lowest BCUT2D eigenvalue weighted by Crippen LogP contribution is -1.95. The van der Waals surface area contributed by atoms with Gasteiger partial charge in [0.25, 0.3) is 0 Å². The van der Waals surface area contributed by atoms with Crippen LogP contribution in [0.15, 0.2) is 18.2 Å². The topological polar surface area (TPSA) is 50.8 Å². The molecule has 76 valence electrons. The van der Waals surface area contributed by atoms with Crippen molar-refractivity contribution in [2.75, 3.05) is 7.11 Å². The summed E-state index contributed by atoms with van der Waals surface area (Å²) in [5.41, 5.74) is 1.88. The van der Waals surface area contributed by atoms with E-state index in [2.05, 4.69) is 11.1 Å². The smallest absolute Gasteiger partial charge is 0.123 e. The Labute approximate surface area is 87.7 Å². The van der Waals surface area contributed by atoms with Gasteiger partial charge in [0.05, 0.1) is 30.6 Å². The normalized spacial score (nSPS) is 10.2. The SMILES string of the molecule is COc1ccc2c(c1)nc(CC#N)n2C. The van der Waals surface area contributed by atoms with Crippen LogP contribution >= 0.6 is 0 Å². The Morgan fingerprint density at radius 3 is 3.00 bits per heavy atom. The molecule has 1 heterocycles. The van der Waals surface area contributed by atoms with Crippen LogP contribution in [-0.4, -0.2) is 16.7 Å². The summed E-state index contributed by atoms with van der Waals surface area (Å²) in [6.07, 6.45) is 0.327. The minimum absolute atomic E-state index is 0.327. The van der Waals surface area contributed by atoms with Crippen molar-refractivity contribution >= 4 is 11.0 Å². The first-order valence-electron chi connectivity index (χ1n) is 4.62. The van der Waals surface area contributed by atoms with Crippen molar-refractivity contribution in [1.82, 2.24) is 9.55 Å². The molecule has 4 heteroatoms. The second-order valence-electron chi connectivity index (χ2n) is 3.28. The lowest BCUT2D eigenvalue weighted by Gasteiger charge is -1.99. The maximum atomic E-state index is 8.64. The van der Waals surface area contributed by atoms with Gasteiger partial charge < -0.3 is 9.30 Å². The number of rotatable bonds is 2. The van der Waals surface area contributed by atoms with Gasteiger partial charge in [-0.1, -0.05) is 0 Å². The Balaban J connectivity index is 2.61. The van der Waals surface area contributed by atoms with Gasteiger partial charge in [-0.2, -0.15) is 5.26 Å². The third-order valence-corrected chi connectivity index (χ3v) is 2.42. The van der Waals surface area contributed by atoms with Gasteiger partial charge >= 0.3 is 0 Å². The number of aryl methyl sites for hydroxylation is 1. The van der Waals surface area contributed by atoms with Crippen molar-refractivity contribution in [2.24, 2.45) is 7.05 Å². The minimum atomic E-state index is 0.327. The van der Waals surface area contributed by atoms with Gasteiger partial charge in [-0.05, 0) is 12.1 Å². The maximum Gasteiger partial charge on any atom is 0.123 e. The van der Waals surface area contributed by atoms with Crippen molar-refractivity contribution in [3.63, 3.8) is 0 Å². The molecule has 1 aromatic carbocycles. The summed E-state index contributed by atoms with van der Waals surface area (Å²) >= 11 is 0. The largest absolute Gasteiger partial charge is 0.497 e. The minimum Gasteiger partial charge on any atom is -0.497 e. The molecule has 1 aromatic heterocycles. The third kappa shape index (κ3) is 1.52. The number of imidazole rings is 1. The summed E-state index contributed by atoms with van der Waals surface area (Å²) in [7, 11) is 3.54. The Morgan fingerprint density at radius 1 is 1.53 bits per heavy atom. The zero-order chi connectivity index (χ0) is 10.8. The summed E-state index contributed by atoms with van der Waals surface area (Å²) in [6, 6.07) is 7.81. The lowest BCUT2D eigenvalue weighted by molar-refractivity contribution is 0.415. The average molecular weight is 201 g/mol. The Kier molecular flexibility index (Phi) is 2.30. The van der Waals surface area contributed by atoms with E-state index in [1.54, 1.807) is 7.11 Å². The van der Waals surface area contributed by atoms with Crippen molar-refractivity contribution in [2.45, 2.75) is 6.42 Å². The second-order valence-corrected chi connectivity index (χ2v) is 3.28. The highest BCUT2D eigenvalue weighted by Crippen LogP contribution is 2.20. The van der Waals surface area contributed by atoms with E-state index in [4.69, 9.17) is 10.00 Å². The first kappa shape index (κ1) is 9.53. The van der Waals surface area contributed by atoms with E-state index in [0.29, 0.717) is 6.42 Å². The summed E-state index contributed by atoms with van der Waals surface area (Å²) in [4.78, 5) is 4.37. The quantitative estimate of drug-likeness (QED) is 0.742. The van der Waals surface area contributed by atoms with E-state index in [1.807, 2.05) is 29.8 Å². The van der Waals surface area contributed by atoms with Gasteiger partial charge in [0, 0.05) is 13.1 Å². The molecule has 0 aliphatic heterocycles. The Morgan fingerprint density at radius 2 is 2.33 bits per heavy atom. The van der Waals surface area contributed by atoms with E-state index in [9.17, 15) is 0 Å². The fourth-order valence-electron chi connectivity index (χ4n) is 1.59. The van der Waals surface area contributed by atoms with Crippen LogP contribution in [0.3, 0.4) is 0 Å². The van der Waals surface area contributed by atoms with E-state index in [0.717, 1.165) is 22.6 Å². The first-order valence-corrected chi connectivity index (χ1v) is 4.62. The van der Waals surface area contributed by atoms with Crippen LogP contribution < -0.4 is 4.74 Å². The Hall–Kier alpha value is -2.02. The second kappa shape index (κ2) is 3.62. The Bertz CT molecular complexity index is 536. The van der Waals surface area contributed by atoms with Crippen molar-refractivity contribution in [3.8, 4) is 11.8 Å². The molecule has 0 unspecified atom stereocenters. The van der Waals surface area contributed by atoms with Crippen LogP contribution in [0.1, 0.15) is 5.82 Å². The number of ether oxygens (including phenoxy) is 1. The highest BCUT2D eigenvalue weighted by atomic mass is 16.5. The van der Waals surface area contributed by atoms with Crippen LogP contribution in [0.25, 0.3) is 11.0 Å². The molecule has 0 amide bonds. The number of methoxy groups -OCH3 is 1. The maximum absolute atomic E-state index is 8.64. The predicted octanol–water partition coefficient (Wildman–Crippen LogP) is 1.65. The molecule has 0 saturated heterocycles. The number of hydrogen-bond acceptors (Lipinski definition) is 3. The van der Waals surface area contributed by atoms with Gasteiger partial charge in [-0.15, -0.1) is 0 Å². The van der Waals surface area contributed by atoms with E-state index in [1.165, 1.54) is 0 Å². The van der Waals surface area contributed by atoms with Gasteiger partial charge in [-0.25, -0.2) is 4.98 Å². The van der Waals surface area contributed by atoms with Crippen molar-refractivity contribution in [1.29, 1.82) is 5.26 Å². The first-order chi connectivity index (χ1) is 7.26. The molecule has 0 saturated carbocycles. The summed E-state index contributed by atoms with van der Waals surface area (Å²) in [5.74, 6) is 1.56. The molecule has 4 nitrogen and oxygen atoms in total. The standard InChI is InChI=1S/C11H11N3O/c1-14-10-4-3-8(15-2)7-9(10)13-11(14)5-6-12/h3-4,7H,5H2,1-2H3. The summed E-state index contributed by atoms with van der Waals surface area (Å²) < 4.78 is 7.05. The summed E-state index contributed by atoms with van der Waals surface area (Å²) in [5, 5.41) is 8.64. The molecule has 0 spiro atoms. The van der Waals surface area contributed by atoms with Crippen molar-refractivity contribution < 1.29 is 4.74 Å². The summed E-state index contributed by atoms with van der Waals surface area (Å²) in [6.45, 7) is 0. The van der Waals surface area contributed by atoms with Crippen LogP contribution in [-0.2, 0) is 13.5 Å². The van der Waals surface area contributed by atoms with Gasteiger partial charge in [0.15, 0.2) is 0 Å².